The monoisotopic (exact) mass is 434 g/mol. The van der Waals surface area contributed by atoms with E-state index in [2.05, 4.69) is 10.4 Å². The van der Waals surface area contributed by atoms with Crippen LogP contribution in [-0.4, -0.2) is 20.6 Å². The molecule has 3 rings (SSSR count). The Morgan fingerprint density at radius 1 is 1.13 bits per heavy atom. The molecule has 162 valence electrons. The largest absolute Gasteiger partial charge is 0.457 e. The Morgan fingerprint density at radius 3 is 2.35 bits per heavy atom. The van der Waals surface area contributed by atoms with Crippen LogP contribution in [0.15, 0.2) is 48.7 Å². The second-order valence-corrected chi connectivity index (χ2v) is 6.84. The summed E-state index contributed by atoms with van der Waals surface area (Å²) in [4.78, 5) is 22.8. The van der Waals surface area contributed by atoms with Crippen LogP contribution in [0, 0.1) is 24.0 Å². The number of ether oxygens (including phenoxy) is 1. The number of nitro groups is 1. The Kier molecular flexibility index (Phi) is 5.95. The van der Waals surface area contributed by atoms with Gasteiger partial charge in [0.05, 0.1) is 16.7 Å². The number of halogens is 3. The molecule has 2 aromatic carbocycles. The lowest BCUT2D eigenvalue weighted by molar-refractivity contribution is -0.384. The van der Waals surface area contributed by atoms with Gasteiger partial charge in [0, 0.05) is 18.3 Å². The number of benzene rings is 2. The number of rotatable bonds is 6. The third-order valence-electron chi connectivity index (χ3n) is 4.05. The van der Waals surface area contributed by atoms with E-state index in [9.17, 15) is 28.1 Å². The predicted octanol–water partition coefficient (Wildman–Crippen LogP) is 4.86. The Balaban J connectivity index is 1.79. The number of hydrogen-bond acceptors (Lipinski definition) is 5. The Bertz CT molecular complexity index is 1120. The summed E-state index contributed by atoms with van der Waals surface area (Å²) in [6.45, 7) is 3.24. The van der Waals surface area contributed by atoms with Gasteiger partial charge in [-0.25, -0.2) is 0 Å². The molecule has 1 amide bonds. The number of non-ortho nitro benzene ring substituents is 1. The maximum absolute atomic E-state index is 12.6. The number of carbonyl (C=O) groups excluding carboxylic acids is 1. The van der Waals surface area contributed by atoms with E-state index in [1.807, 2.05) is 19.9 Å². The molecule has 3 aromatic rings. The zero-order valence-electron chi connectivity index (χ0n) is 16.4. The lowest BCUT2D eigenvalue weighted by Crippen LogP contribution is -2.19. The van der Waals surface area contributed by atoms with Gasteiger partial charge in [-0.15, -0.1) is 0 Å². The average molecular weight is 434 g/mol. The van der Waals surface area contributed by atoms with Crippen LogP contribution in [0.3, 0.4) is 0 Å². The van der Waals surface area contributed by atoms with Crippen LogP contribution in [-0.2, 0) is 17.5 Å². The minimum absolute atomic E-state index is 0.0572. The van der Waals surface area contributed by atoms with Crippen molar-refractivity contribution in [2.75, 3.05) is 5.32 Å². The van der Waals surface area contributed by atoms with Crippen LogP contribution in [0.2, 0.25) is 0 Å². The van der Waals surface area contributed by atoms with E-state index in [4.69, 9.17) is 4.74 Å². The minimum atomic E-state index is -4.62. The summed E-state index contributed by atoms with van der Waals surface area (Å²) in [5.74, 6) is -0.130. The number of anilines is 1. The predicted molar refractivity (Wildman–Crippen MR) is 105 cm³/mol. The van der Waals surface area contributed by atoms with Crippen molar-refractivity contribution in [2.45, 2.75) is 26.6 Å². The average Bonchev–Trinajstić information content (AvgIpc) is 3.09. The lowest BCUT2D eigenvalue weighted by Gasteiger charge is -2.11. The van der Waals surface area contributed by atoms with E-state index >= 15 is 0 Å². The molecule has 0 aliphatic carbocycles. The van der Waals surface area contributed by atoms with Gasteiger partial charge in [0.25, 0.3) is 5.69 Å². The van der Waals surface area contributed by atoms with E-state index in [0.29, 0.717) is 5.75 Å². The van der Waals surface area contributed by atoms with Crippen LogP contribution >= 0.6 is 0 Å². The summed E-state index contributed by atoms with van der Waals surface area (Å²) in [5, 5.41) is 17.0. The molecule has 8 nitrogen and oxygen atoms in total. The van der Waals surface area contributed by atoms with E-state index in [0.717, 1.165) is 34.1 Å². The molecular weight excluding hydrogens is 417 g/mol. The Hall–Kier alpha value is -3.89. The highest BCUT2D eigenvalue weighted by atomic mass is 19.4. The first-order valence-electron chi connectivity index (χ1n) is 8.96. The summed E-state index contributed by atoms with van der Waals surface area (Å²) in [6.07, 6.45) is -3.60. The van der Waals surface area contributed by atoms with Crippen molar-refractivity contribution in [3.05, 3.63) is 75.6 Å². The number of aryl methyl sites for hydroxylation is 2. The van der Waals surface area contributed by atoms with Crippen molar-refractivity contribution in [1.82, 2.24) is 9.78 Å². The number of amides is 1. The van der Waals surface area contributed by atoms with Crippen LogP contribution in [0.1, 0.15) is 16.8 Å². The third-order valence-corrected chi connectivity index (χ3v) is 4.05. The lowest BCUT2D eigenvalue weighted by atomic mass is 10.1. The normalized spacial score (nSPS) is 11.3. The van der Waals surface area contributed by atoms with E-state index in [-0.39, 0.29) is 17.1 Å². The molecule has 0 atom stereocenters. The maximum Gasteiger partial charge on any atom is 0.435 e. The summed E-state index contributed by atoms with van der Waals surface area (Å²) < 4.78 is 44.4. The maximum atomic E-state index is 12.6. The molecule has 1 N–H and O–H groups in total. The topological polar surface area (TPSA) is 99.3 Å². The van der Waals surface area contributed by atoms with Crippen molar-refractivity contribution < 1.29 is 27.6 Å². The van der Waals surface area contributed by atoms with Crippen molar-refractivity contribution >= 4 is 17.3 Å². The number of hydrogen-bond donors (Lipinski definition) is 1. The van der Waals surface area contributed by atoms with Crippen molar-refractivity contribution in [1.29, 1.82) is 0 Å². The molecule has 0 aliphatic rings. The van der Waals surface area contributed by atoms with Gasteiger partial charge in [0.15, 0.2) is 5.69 Å². The molecule has 31 heavy (non-hydrogen) atoms. The first-order valence-corrected chi connectivity index (χ1v) is 8.96. The molecule has 0 saturated heterocycles. The van der Waals surface area contributed by atoms with E-state index in [1.54, 1.807) is 12.1 Å². The van der Waals surface area contributed by atoms with Gasteiger partial charge < -0.3 is 10.1 Å². The smallest absolute Gasteiger partial charge is 0.435 e. The highest BCUT2D eigenvalue weighted by Gasteiger charge is 2.33. The zero-order chi connectivity index (χ0) is 22.8. The molecule has 0 saturated carbocycles. The van der Waals surface area contributed by atoms with Gasteiger partial charge in [-0.3, -0.25) is 19.6 Å². The second kappa shape index (κ2) is 8.46. The van der Waals surface area contributed by atoms with Gasteiger partial charge in [0.2, 0.25) is 5.91 Å². The van der Waals surface area contributed by atoms with Gasteiger partial charge in [-0.05, 0) is 43.2 Å². The fraction of sp³-hybridized carbons (Fsp3) is 0.200. The van der Waals surface area contributed by atoms with Crippen LogP contribution in [0.25, 0.3) is 0 Å². The molecule has 1 aromatic heterocycles. The number of nitrogens with zero attached hydrogens (tertiary/aromatic N) is 3. The van der Waals surface area contributed by atoms with Gasteiger partial charge in [0.1, 0.15) is 18.0 Å². The highest BCUT2D eigenvalue weighted by molar-refractivity contribution is 5.91. The Labute approximate surface area is 174 Å². The summed E-state index contributed by atoms with van der Waals surface area (Å²) in [6, 6.07) is 9.89. The number of aromatic nitrogens is 2. The Morgan fingerprint density at radius 2 is 1.77 bits per heavy atom. The highest BCUT2D eigenvalue weighted by Crippen LogP contribution is 2.31. The molecule has 0 fully saturated rings. The quantitative estimate of drug-likeness (QED) is 0.441. The van der Waals surface area contributed by atoms with E-state index < -0.39 is 29.2 Å². The zero-order valence-corrected chi connectivity index (χ0v) is 16.4. The minimum Gasteiger partial charge on any atom is -0.457 e. The van der Waals surface area contributed by atoms with E-state index in [1.165, 1.54) is 12.1 Å². The van der Waals surface area contributed by atoms with Gasteiger partial charge >= 0.3 is 6.18 Å². The standard InChI is InChI=1S/C20H17F3N4O4/c1-12-5-13(2)7-16(6-12)31-17-9-14(8-15(10-17)27(29)30)24-19(28)11-26-4-3-18(25-26)20(21,22)23/h3-10H,11H2,1-2H3,(H,24,28). The number of carbonyl (C=O) groups is 1. The first-order chi connectivity index (χ1) is 14.5. The molecule has 0 radical (unpaired) electrons. The molecule has 0 unspecified atom stereocenters. The molecule has 0 spiro atoms. The molecule has 1 heterocycles. The molecule has 0 aliphatic heterocycles. The van der Waals surface area contributed by atoms with Gasteiger partial charge in [-0.1, -0.05) is 6.07 Å². The molecule has 11 heteroatoms. The third kappa shape index (κ3) is 5.81. The summed E-state index contributed by atoms with van der Waals surface area (Å²) in [5.41, 5.74) is 0.481. The summed E-state index contributed by atoms with van der Waals surface area (Å²) in [7, 11) is 0. The second-order valence-electron chi connectivity index (χ2n) is 6.84. The number of nitro benzene ring substituents is 1. The fourth-order valence-corrected chi connectivity index (χ4v) is 2.90. The van der Waals surface area contributed by atoms with Crippen LogP contribution < -0.4 is 10.1 Å². The fourth-order valence-electron chi connectivity index (χ4n) is 2.90. The van der Waals surface area contributed by atoms with Gasteiger partial charge in [-0.2, -0.15) is 18.3 Å². The van der Waals surface area contributed by atoms with Crippen molar-refractivity contribution in [3.63, 3.8) is 0 Å². The SMILES string of the molecule is Cc1cc(C)cc(Oc2cc(NC(=O)Cn3ccc(C(F)(F)F)n3)cc([N+](=O)[O-])c2)c1. The summed E-state index contributed by atoms with van der Waals surface area (Å²) >= 11 is 0. The van der Waals surface area contributed by atoms with Crippen LogP contribution in [0.5, 0.6) is 11.5 Å². The van der Waals surface area contributed by atoms with Crippen molar-refractivity contribution in [2.24, 2.45) is 0 Å². The number of alkyl halides is 3. The molecule has 0 bridgehead atoms. The van der Waals surface area contributed by atoms with Crippen molar-refractivity contribution in [3.8, 4) is 11.5 Å². The molecular formula is C20H17F3N4O4. The first kappa shape index (κ1) is 21.8. The number of nitrogens with one attached hydrogen (secondary N) is 1. The van der Waals surface area contributed by atoms with Crippen LogP contribution in [0.4, 0.5) is 24.5 Å².